The van der Waals surface area contributed by atoms with Crippen molar-refractivity contribution in [1.29, 1.82) is 0 Å². The van der Waals surface area contributed by atoms with Gasteiger partial charge in [-0.3, -0.25) is 9.97 Å². The van der Waals surface area contributed by atoms with E-state index in [4.69, 9.17) is 23.2 Å². The fourth-order valence-corrected chi connectivity index (χ4v) is 1.54. The average Bonchev–Trinajstić information content (AvgIpc) is 2.23. The molecule has 0 N–H and O–H groups in total. The van der Waals surface area contributed by atoms with Crippen LogP contribution in [0.15, 0.2) is 36.8 Å². The number of hydrogen-bond acceptors (Lipinski definition) is 2. The van der Waals surface area contributed by atoms with Crippen LogP contribution in [0.1, 0.15) is 0 Å². The molecule has 1 aromatic carbocycles. The molecule has 0 amide bonds. The van der Waals surface area contributed by atoms with Crippen molar-refractivity contribution < 1.29 is 0 Å². The lowest BCUT2D eigenvalue weighted by molar-refractivity contribution is 1.21. The van der Waals surface area contributed by atoms with E-state index in [0.717, 1.165) is 11.3 Å². The highest BCUT2D eigenvalue weighted by Crippen LogP contribution is 2.31. The van der Waals surface area contributed by atoms with Crippen LogP contribution in [0.2, 0.25) is 10.0 Å². The average molecular weight is 225 g/mol. The Morgan fingerprint density at radius 1 is 1.07 bits per heavy atom. The molecule has 14 heavy (non-hydrogen) atoms. The van der Waals surface area contributed by atoms with Crippen molar-refractivity contribution in [3.05, 3.63) is 46.8 Å². The molecule has 0 aliphatic carbocycles. The maximum atomic E-state index is 6.03. The number of aromatic nitrogens is 2. The molecule has 0 unspecified atom stereocenters. The zero-order chi connectivity index (χ0) is 9.97. The lowest BCUT2D eigenvalue weighted by Gasteiger charge is -2.03. The zero-order valence-corrected chi connectivity index (χ0v) is 8.63. The fourth-order valence-electron chi connectivity index (χ4n) is 1.14. The van der Waals surface area contributed by atoms with Crippen LogP contribution in [0.4, 0.5) is 0 Å². The molecular formula is C10H6Cl2N2. The molecule has 0 atom stereocenters. The van der Waals surface area contributed by atoms with Gasteiger partial charge in [-0.1, -0.05) is 35.3 Å². The third-order valence-corrected chi connectivity index (χ3v) is 2.61. The highest BCUT2D eigenvalue weighted by molar-refractivity contribution is 6.43. The van der Waals surface area contributed by atoms with Crippen molar-refractivity contribution in [3.63, 3.8) is 0 Å². The van der Waals surface area contributed by atoms with Gasteiger partial charge in [-0.05, 0) is 6.07 Å². The van der Waals surface area contributed by atoms with Gasteiger partial charge in [0.2, 0.25) is 0 Å². The van der Waals surface area contributed by atoms with E-state index >= 15 is 0 Å². The van der Waals surface area contributed by atoms with E-state index in [-0.39, 0.29) is 0 Å². The molecule has 70 valence electrons. The van der Waals surface area contributed by atoms with Crippen molar-refractivity contribution in [2.75, 3.05) is 0 Å². The van der Waals surface area contributed by atoms with Gasteiger partial charge in [0.05, 0.1) is 21.9 Å². The Bertz CT molecular complexity index is 443. The maximum Gasteiger partial charge on any atom is 0.0900 e. The van der Waals surface area contributed by atoms with Gasteiger partial charge in [-0.15, -0.1) is 0 Å². The van der Waals surface area contributed by atoms with Crippen LogP contribution in [0.25, 0.3) is 11.3 Å². The van der Waals surface area contributed by atoms with Crippen molar-refractivity contribution in [2.45, 2.75) is 0 Å². The summed E-state index contributed by atoms with van der Waals surface area (Å²) in [6.45, 7) is 0. The van der Waals surface area contributed by atoms with Crippen LogP contribution in [0, 0.1) is 0 Å². The zero-order valence-electron chi connectivity index (χ0n) is 7.11. The quantitative estimate of drug-likeness (QED) is 0.742. The Kier molecular flexibility index (Phi) is 2.66. The Morgan fingerprint density at radius 3 is 2.64 bits per heavy atom. The molecule has 0 aliphatic heterocycles. The van der Waals surface area contributed by atoms with Crippen LogP contribution in [0.5, 0.6) is 0 Å². The van der Waals surface area contributed by atoms with Gasteiger partial charge in [0.15, 0.2) is 0 Å². The predicted molar refractivity (Wildman–Crippen MR) is 57.5 cm³/mol. The molecule has 0 bridgehead atoms. The molecule has 0 saturated carbocycles. The summed E-state index contributed by atoms with van der Waals surface area (Å²) in [7, 11) is 0. The molecule has 0 saturated heterocycles. The van der Waals surface area contributed by atoms with E-state index in [1.807, 2.05) is 12.1 Å². The van der Waals surface area contributed by atoms with Gasteiger partial charge in [0.25, 0.3) is 0 Å². The molecule has 0 fully saturated rings. The Morgan fingerprint density at radius 2 is 1.93 bits per heavy atom. The summed E-state index contributed by atoms with van der Waals surface area (Å²) in [5.41, 5.74) is 1.52. The third-order valence-electron chi connectivity index (χ3n) is 1.79. The molecule has 0 aliphatic rings. The van der Waals surface area contributed by atoms with E-state index < -0.39 is 0 Å². The number of rotatable bonds is 1. The number of hydrogen-bond donors (Lipinski definition) is 0. The molecule has 1 heterocycles. The first-order chi connectivity index (χ1) is 6.79. The molecular weight excluding hydrogens is 219 g/mol. The Balaban J connectivity index is 2.58. The van der Waals surface area contributed by atoms with E-state index in [2.05, 4.69) is 9.97 Å². The number of halogens is 2. The highest BCUT2D eigenvalue weighted by Gasteiger charge is 2.06. The van der Waals surface area contributed by atoms with E-state index in [1.165, 1.54) is 0 Å². The first-order valence-electron chi connectivity index (χ1n) is 3.99. The SMILES string of the molecule is Clc1cccc(-c2cnccn2)c1Cl. The molecule has 2 aromatic rings. The largest absolute Gasteiger partial charge is 0.261 e. The first-order valence-corrected chi connectivity index (χ1v) is 4.75. The highest BCUT2D eigenvalue weighted by atomic mass is 35.5. The van der Waals surface area contributed by atoms with Gasteiger partial charge >= 0.3 is 0 Å². The van der Waals surface area contributed by atoms with Gasteiger partial charge in [0.1, 0.15) is 0 Å². The lowest BCUT2D eigenvalue weighted by atomic mass is 10.1. The van der Waals surface area contributed by atoms with E-state index in [9.17, 15) is 0 Å². The standard InChI is InChI=1S/C10H6Cl2N2/c11-8-3-1-2-7(10(8)12)9-6-13-4-5-14-9/h1-6H. The minimum atomic E-state index is 0.509. The summed E-state index contributed by atoms with van der Waals surface area (Å²) in [6, 6.07) is 5.43. The van der Waals surface area contributed by atoms with E-state index in [1.54, 1.807) is 24.7 Å². The van der Waals surface area contributed by atoms with Crippen LogP contribution in [-0.4, -0.2) is 9.97 Å². The van der Waals surface area contributed by atoms with Crippen molar-refractivity contribution in [1.82, 2.24) is 9.97 Å². The van der Waals surface area contributed by atoms with Crippen LogP contribution >= 0.6 is 23.2 Å². The normalized spacial score (nSPS) is 10.1. The molecule has 2 nitrogen and oxygen atoms in total. The van der Waals surface area contributed by atoms with Crippen molar-refractivity contribution in [3.8, 4) is 11.3 Å². The van der Waals surface area contributed by atoms with Gasteiger partial charge < -0.3 is 0 Å². The second-order valence-electron chi connectivity index (χ2n) is 2.69. The van der Waals surface area contributed by atoms with Crippen LogP contribution < -0.4 is 0 Å². The summed E-state index contributed by atoms with van der Waals surface area (Å²) in [5, 5.41) is 1.03. The Labute approximate surface area is 91.5 Å². The second kappa shape index (κ2) is 3.95. The molecule has 2 rings (SSSR count). The van der Waals surface area contributed by atoms with Crippen LogP contribution in [-0.2, 0) is 0 Å². The monoisotopic (exact) mass is 224 g/mol. The summed E-state index contributed by atoms with van der Waals surface area (Å²) in [5.74, 6) is 0. The summed E-state index contributed by atoms with van der Waals surface area (Å²) >= 11 is 11.9. The van der Waals surface area contributed by atoms with Crippen molar-refractivity contribution >= 4 is 23.2 Å². The minimum absolute atomic E-state index is 0.509. The van der Waals surface area contributed by atoms with Crippen LogP contribution in [0.3, 0.4) is 0 Å². The van der Waals surface area contributed by atoms with Gasteiger partial charge in [-0.25, -0.2) is 0 Å². The minimum Gasteiger partial charge on any atom is -0.261 e. The summed E-state index contributed by atoms with van der Waals surface area (Å²) < 4.78 is 0. The number of benzene rings is 1. The van der Waals surface area contributed by atoms with Gasteiger partial charge in [-0.2, -0.15) is 0 Å². The molecule has 1 aromatic heterocycles. The number of nitrogens with zero attached hydrogens (tertiary/aromatic N) is 2. The predicted octanol–water partition coefficient (Wildman–Crippen LogP) is 3.45. The summed E-state index contributed by atoms with van der Waals surface area (Å²) in [6.07, 6.45) is 4.88. The summed E-state index contributed by atoms with van der Waals surface area (Å²) in [4.78, 5) is 8.11. The van der Waals surface area contributed by atoms with E-state index in [0.29, 0.717) is 10.0 Å². The van der Waals surface area contributed by atoms with Crippen molar-refractivity contribution in [2.24, 2.45) is 0 Å². The second-order valence-corrected chi connectivity index (χ2v) is 3.48. The third kappa shape index (κ3) is 1.72. The maximum absolute atomic E-state index is 6.03. The fraction of sp³-hybridized carbons (Fsp3) is 0. The molecule has 4 heteroatoms. The van der Waals surface area contributed by atoms with Gasteiger partial charge in [0, 0.05) is 18.0 Å². The molecule has 0 spiro atoms. The topological polar surface area (TPSA) is 25.8 Å². The molecule has 0 radical (unpaired) electrons. The lowest BCUT2D eigenvalue weighted by Crippen LogP contribution is -1.85. The Hall–Kier alpha value is -1.12. The first kappa shape index (κ1) is 9.44. The smallest absolute Gasteiger partial charge is 0.0900 e.